The zero-order valence-corrected chi connectivity index (χ0v) is 12.7. The van der Waals surface area contributed by atoms with Gasteiger partial charge in [-0.15, -0.1) is 0 Å². The van der Waals surface area contributed by atoms with Gasteiger partial charge in [0.25, 0.3) is 11.6 Å². The molecule has 8 nitrogen and oxygen atoms in total. The Labute approximate surface area is 136 Å². The quantitative estimate of drug-likeness (QED) is 0.508. The average molecular weight is 330 g/mol. The Kier molecular flexibility index (Phi) is 3.95. The number of fused-ring (bicyclic) bond motifs is 1. The minimum Gasteiger partial charge on any atom is -0.506 e. The van der Waals surface area contributed by atoms with Crippen LogP contribution in [0.15, 0.2) is 30.3 Å². The molecule has 0 aromatic heterocycles. The van der Waals surface area contributed by atoms with Crippen LogP contribution in [0.1, 0.15) is 15.9 Å². The molecule has 0 aliphatic carbocycles. The highest BCUT2D eigenvalue weighted by Gasteiger charge is 2.26. The maximum atomic E-state index is 12.4. The summed E-state index contributed by atoms with van der Waals surface area (Å²) < 4.78 is 10.7. The Morgan fingerprint density at radius 2 is 1.88 bits per heavy atom. The number of nitrogens with one attached hydrogen (secondary N) is 1. The number of anilines is 1. The molecule has 1 heterocycles. The fourth-order valence-corrected chi connectivity index (χ4v) is 2.35. The van der Waals surface area contributed by atoms with Crippen LogP contribution in [0.4, 0.5) is 11.4 Å². The smallest absolute Gasteiger partial charge is 0.286 e. The second-order valence-corrected chi connectivity index (χ2v) is 5.24. The number of carbonyl (C=O) groups excluding carboxylic acids is 1. The Balaban J connectivity index is 1.97. The largest absolute Gasteiger partial charge is 0.506 e. The van der Waals surface area contributed by atoms with E-state index in [1.807, 2.05) is 0 Å². The molecule has 24 heavy (non-hydrogen) atoms. The highest BCUT2D eigenvalue weighted by molar-refractivity contribution is 6.08. The van der Waals surface area contributed by atoms with Gasteiger partial charge in [0.2, 0.25) is 0 Å². The van der Waals surface area contributed by atoms with Crippen molar-refractivity contribution in [2.45, 2.75) is 6.92 Å². The van der Waals surface area contributed by atoms with Crippen molar-refractivity contribution >= 4 is 17.3 Å². The number of nitro benzene ring substituents is 1. The molecule has 0 unspecified atom stereocenters. The monoisotopic (exact) mass is 330 g/mol. The van der Waals surface area contributed by atoms with Crippen molar-refractivity contribution in [1.82, 2.24) is 0 Å². The standard InChI is InChI=1S/C16H14N2O6/c1-9-2-3-11(13(19)6-9)17-16(20)10-7-14-15(24-5-4-23-14)8-12(10)18(21)22/h2-3,6-8,19H,4-5H2,1H3,(H,17,20). The topological polar surface area (TPSA) is 111 Å². The predicted octanol–water partition coefficient (Wildman–Crippen LogP) is 2.63. The van der Waals surface area contributed by atoms with E-state index in [1.165, 1.54) is 24.3 Å². The summed E-state index contributed by atoms with van der Waals surface area (Å²) in [6.45, 7) is 2.37. The second-order valence-electron chi connectivity index (χ2n) is 5.24. The number of aromatic hydroxyl groups is 1. The van der Waals surface area contributed by atoms with E-state index in [9.17, 15) is 20.0 Å². The number of carbonyl (C=O) groups is 1. The predicted molar refractivity (Wildman–Crippen MR) is 84.9 cm³/mol. The number of phenols is 1. The van der Waals surface area contributed by atoms with Gasteiger partial charge >= 0.3 is 0 Å². The van der Waals surface area contributed by atoms with Gasteiger partial charge in [0.15, 0.2) is 11.5 Å². The molecule has 3 rings (SSSR count). The van der Waals surface area contributed by atoms with Crippen molar-refractivity contribution < 1.29 is 24.3 Å². The van der Waals surface area contributed by atoms with E-state index in [1.54, 1.807) is 13.0 Å². The van der Waals surface area contributed by atoms with Gasteiger partial charge in [-0.05, 0) is 24.6 Å². The van der Waals surface area contributed by atoms with E-state index in [-0.39, 0.29) is 35.1 Å². The van der Waals surface area contributed by atoms with Gasteiger partial charge in [0.05, 0.1) is 16.7 Å². The van der Waals surface area contributed by atoms with Crippen LogP contribution in [-0.2, 0) is 0 Å². The minimum absolute atomic E-state index is 0.122. The number of hydrogen-bond acceptors (Lipinski definition) is 6. The van der Waals surface area contributed by atoms with Gasteiger partial charge < -0.3 is 19.9 Å². The molecule has 124 valence electrons. The molecule has 2 N–H and O–H groups in total. The summed E-state index contributed by atoms with van der Waals surface area (Å²) in [7, 11) is 0. The third-order valence-corrected chi connectivity index (χ3v) is 3.50. The summed E-state index contributed by atoms with van der Waals surface area (Å²) in [6, 6.07) is 7.14. The van der Waals surface area contributed by atoms with Gasteiger partial charge in [-0.2, -0.15) is 0 Å². The molecule has 2 aromatic rings. The fraction of sp³-hybridized carbons (Fsp3) is 0.188. The third-order valence-electron chi connectivity index (χ3n) is 3.50. The molecular formula is C16H14N2O6. The number of benzene rings is 2. The Bertz CT molecular complexity index is 834. The van der Waals surface area contributed by atoms with E-state index in [0.29, 0.717) is 6.61 Å². The molecule has 0 spiro atoms. The summed E-state index contributed by atoms with van der Waals surface area (Å²) >= 11 is 0. The first-order valence-electron chi connectivity index (χ1n) is 7.14. The van der Waals surface area contributed by atoms with Crippen molar-refractivity contribution in [2.24, 2.45) is 0 Å². The lowest BCUT2D eigenvalue weighted by Crippen LogP contribution is -2.18. The van der Waals surface area contributed by atoms with E-state index in [4.69, 9.17) is 9.47 Å². The normalized spacial score (nSPS) is 12.5. The summed E-state index contributed by atoms with van der Waals surface area (Å²) in [5.74, 6) is -0.353. The SMILES string of the molecule is Cc1ccc(NC(=O)c2cc3c(cc2[N+](=O)[O-])OCCO3)c(O)c1. The zero-order valence-electron chi connectivity index (χ0n) is 12.7. The van der Waals surface area contributed by atoms with Gasteiger partial charge in [-0.3, -0.25) is 14.9 Å². The van der Waals surface area contributed by atoms with Crippen molar-refractivity contribution in [3.63, 3.8) is 0 Å². The van der Waals surface area contributed by atoms with Crippen molar-refractivity contribution in [3.8, 4) is 17.2 Å². The fourth-order valence-electron chi connectivity index (χ4n) is 2.35. The lowest BCUT2D eigenvalue weighted by atomic mass is 10.1. The molecule has 0 saturated carbocycles. The minimum atomic E-state index is -0.724. The van der Waals surface area contributed by atoms with Crippen LogP contribution in [0.25, 0.3) is 0 Å². The van der Waals surface area contributed by atoms with Gasteiger partial charge in [-0.1, -0.05) is 6.07 Å². The van der Waals surface area contributed by atoms with Crippen LogP contribution in [0.3, 0.4) is 0 Å². The Morgan fingerprint density at radius 1 is 1.21 bits per heavy atom. The molecule has 8 heteroatoms. The van der Waals surface area contributed by atoms with E-state index < -0.39 is 16.5 Å². The van der Waals surface area contributed by atoms with Crippen molar-refractivity contribution in [3.05, 3.63) is 51.6 Å². The molecule has 0 radical (unpaired) electrons. The van der Waals surface area contributed by atoms with Crippen LogP contribution in [0.5, 0.6) is 17.2 Å². The number of rotatable bonds is 3. The molecule has 1 aliphatic rings. The van der Waals surface area contributed by atoms with Crippen LogP contribution >= 0.6 is 0 Å². The van der Waals surface area contributed by atoms with E-state index in [0.717, 1.165) is 5.56 Å². The summed E-state index contributed by atoms with van der Waals surface area (Å²) in [5.41, 5.74) is 0.401. The van der Waals surface area contributed by atoms with E-state index >= 15 is 0 Å². The maximum absolute atomic E-state index is 12.4. The van der Waals surface area contributed by atoms with Gasteiger partial charge in [0, 0.05) is 6.07 Å². The summed E-state index contributed by atoms with van der Waals surface area (Å²) in [5, 5.41) is 23.6. The first-order chi connectivity index (χ1) is 11.5. The lowest BCUT2D eigenvalue weighted by molar-refractivity contribution is -0.385. The highest BCUT2D eigenvalue weighted by atomic mass is 16.6. The number of aryl methyl sites for hydroxylation is 1. The molecule has 0 saturated heterocycles. The van der Waals surface area contributed by atoms with Crippen LogP contribution in [0.2, 0.25) is 0 Å². The molecule has 0 bridgehead atoms. The summed E-state index contributed by atoms with van der Waals surface area (Å²) in [6.07, 6.45) is 0. The molecule has 1 aliphatic heterocycles. The zero-order chi connectivity index (χ0) is 17.3. The number of nitrogens with zero attached hydrogens (tertiary/aromatic N) is 1. The maximum Gasteiger partial charge on any atom is 0.286 e. The number of hydrogen-bond donors (Lipinski definition) is 2. The van der Waals surface area contributed by atoms with Crippen molar-refractivity contribution in [2.75, 3.05) is 18.5 Å². The highest BCUT2D eigenvalue weighted by Crippen LogP contribution is 2.37. The van der Waals surface area contributed by atoms with Gasteiger partial charge in [0.1, 0.15) is 24.5 Å². The molecule has 0 fully saturated rings. The number of phenolic OH excluding ortho intramolecular Hbond substituents is 1. The molecule has 0 atom stereocenters. The van der Waals surface area contributed by atoms with Crippen LogP contribution < -0.4 is 14.8 Å². The Morgan fingerprint density at radius 3 is 2.50 bits per heavy atom. The molecule has 1 amide bonds. The number of ether oxygens (including phenoxy) is 2. The second kappa shape index (κ2) is 6.07. The first kappa shape index (κ1) is 15.6. The third kappa shape index (κ3) is 2.94. The summed E-state index contributed by atoms with van der Waals surface area (Å²) in [4.78, 5) is 23.0. The first-order valence-corrected chi connectivity index (χ1v) is 7.14. The van der Waals surface area contributed by atoms with Gasteiger partial charge in [-0.25, -0.2) is 0 Å². The van der Waals surface area contributed by atoms with Crippen LogP contribution in [-0.4, -0.2) is 29.2 Å². The average Bonchev–Trinajstić information content (AvgIpc) is 2.56. The van der Waals surface area contributed by atoms with Crippen LogP contribution in [0, 0.1) is 17.0 Å². The Hall–Kier alpha value is -3.29. The van der Waals surface area contributed by atoms with Crippen molar-refractivity contribution in [1.29, 1.82) is 0 Å². The van der Waals surface area contributed by atoms with E-state index in [2.05, 4.69) is 5.32 Å². The number of amides is 1. The molecule has 2 aromatic carbocycles. The molecular weight excluding hydrogens is 316 g/mol. The number of nitro groups is 1. The lowest BCUT2D eigenvalue weighted by Gasteiger charge is -2.19.